The van der Waals surface area contributed by atoms with Gasteiger partial charge in [-0.15, -0.1) is 0 Å². The third kappa shape index (κ3) is 2.93. The van der Waals surface area contributed by atoms with E-state index in [4.69, 9.17) is 4.74 Å². The van der Waals surface area contributed by atoms with E-state index >= 15 is 0 Å². The first-order valence-corrected chi connectivity index (χ1v) is 10.8. The van der Waals surface area contributed by atoms with Gasteiger partial charge in [-0.2, -0.15) is 0 Å². The lowest BCUT2D eigenvalue weighted by Gasteiger charge is -2.30. The standard InChI is InChI=1S/C20H24N4O3S/c1-24-11-20-8-7-14(27-20)15(16(20)18(24)26)17(25)23-12-3-5-13(6-4-12)28-19-21-9-2-10-22-19/h2,7-10,12-16H,3-6,11H2,1H3,(H,23,25)/t12?,13?,14-,15-,16+,20-/m0/s1. The van der Waals surface area contributed by atoms with E-state index in [0.29, 0.717) is 11.8 Å². The van der Waals surface area contributed by atoms with Crippen molar-refractivity contribution in [3.63, 3.8) is 0 Å². The maximum Gasteiger partial charge on any atom is 0.229 e. The molecule has 3 aliphatic heterocycles. The summed E-state index contributed by atoms with van der Waals surface area (Å²) in [6.07, 6.45) is 11.1. The highest BCUT2D eigenvalue weighted by Crippen LogP contribution is 2.51. The van der Waals surface area contributed by atoms with Crippen molar-refractivity contribution in [3.8, 4) is 0 Å². The molecule has 2 amide bonds. The van der Waals surface area contributed by atoms with Crippen LogP contribution < -0.4 is 5.32 Å². The number of nitrogens with zero attached hydrogens (tertiary/aromatic N) is 3. The molecule has 5 rings (SSSR count). The molecule has 0 radical (unpaired) electrons. The SMILES string of the molecule is CN1C[C@]23C=C[C@H](O2)[C@H](C(=O)NC2CCC(Sc4ncccn4)CC2)[C@@H]3C1=O. The molecule has 1 spiro atoms. The lowest BCUT2D eigenvalue weighted by Crippen LogP contribution is -2.47. The number of fused-ring (bicyclic) bond motifs is 1. The summed E-state index contributed by atoms with van der Waals surface area (Å²) in [6.45, 7) is 0.539. The first-order valence-electron chi connectivity index (χ1n) is 9.92. The Morgan fingerprint density at radius 3 is 2.79 bits per heavy atom. The molecule has 4 heterocycles. The molecule has 8 heteroatoms. The molecule has 1 saturated carbocycles. The van der Waals surface area contributed by atoms with Gasteiger partial charge in [-0.05, 0) is 31.7 Å². The maximum atomic E-state index is 13.0. The lowest BCUT2D eigenvalue weighted by molar-refractivity contribution is -0.137. The molecule has 2 saturated heterocycles. The van der Waals surface area contributed by atoms with Crippen LogP contribution in [0, 0.1) is 11.8 Å². The smallest absolute Gasteiger partial charge is 0.229 e. The number of aromatic nitrogens is 2. The van der Waals surface area contributed by atoms with Gasteiger partial charge in [0, 0.05) is 30.7 Å². The highest BCUT2D eigenvalue weighted by Gasteiger charge is 2.66. The summed E-state index contributed by atoms with van der Waals surface area (Å²) >= 11 is 1.72. The van der Waals surface area contributed by atoms with Crippen LogP contribution in [0.3, 0.4) is 0 Å². The summed E-state index contributed by atoms with van der Waals surface area (Å²) in [7, 11) is 1.78. The Morgan fingerprint density at radius 1 is 1.29 bits per heavy atom. The number of amides is 2. The minimum atomic E-state index is -0.595. The largest absolute Gasteiger partial charge is 0.360 e. The van der Waals surface area contributed by atoms with Gasteiger partial charge >= 0.3 is 0 Å². The van der Waals surface area contributed by atoms with Crippen molar-refractivity contribution in [3.05, 3.63) is 30.6 Å². The number of thioether (sulfide) groups is 1. The highest BCUT2D eigenvalue weighted by atomic mass is 32.2. The van der Waals surface area contributed by atoms with E-state index < -0.39 is 11.5 Å². The fourth-order valence-corrected chi connectivity index (χ4v) is 6.16. The van der Waals surface area contributed by atoms with Crippen molar-refractivity contribution in [2.75, 3.05) is 13.6 Å². The Bertz CT molecular complexity index is 811. The Morgan fingerprint density at radius 2 is 2.04 bits per heavy atom. The van der Waals surface area contributed by atoms with Crippen molar-refractivity contribution in [2.45, 2.75) is 53.8 Å². The van der Waals surface area contributed by atoms with Crippen LogP contribution in [0.1, 0.15) is 25.7 Å². The van der Waals surface area contributed by atoms with Gasteiger partial charge in [-0.3, -0.25) is 9.59 Å². The van der Waals surface area contributed by atoms with Crippen LogP contribution >= 0.6 is 11.8 Å². The van der Waals surface area contributed by atoms with Gasteiger partial charge in [0.15, 0.2) is 5.16 Å². The molecule has 2 bridgehead atoms. The second kappa shape index (κ2) is 6.84. The zero-order valence-corrected chi connectivity index (χ0v) is 16.6. The third-order valence-corrected chi connectivity index (χ3v) is 7.65. The minimum Gasteiger partial charge on any atom is -0.360 e. The van der Waals surface area contributed by atoms with Gasteiger partial charge < -0.3 is 15.0 Å². The van der Waals surface area contributed by atoms with Crippen LogP contribution in [-0.2, 0) is 14.3 Å². The average Bonchev–Trinajstić information content (AvgIpc) is 3.32. The van der Waals surface area contributed by atoms with Crippen molar-refractivity contribution in [1.82, 2.24) is 20.2 Å². The normalized spacial score (nSPS) is 38.7. The number of carbonyl (C=O) groups excluding carboxylic acids is 2. The van der Waals surface area contributed by atoms with Crippen LogP contribution in [0.5, 0.6) is 0 Å². The minimum absolute atomic E-state index is 0.0231. The van der Waals surface area contributed by atoms with E-state index in [0.717, 1.165) is 30.8 Å². The van der Waals surface area contributed by atoms with Crippen LogP contribution in [0.2, 0.25) is 0 Å². The monoisotopic (exact) mass is 400 g/mol. The highest BCUT2D eigenvalue weighted by molar-refractivity contribution is 7.99. The van der Waals surface area contributed by atoms with Crippen LogP contribution in [0.15, 0.2) is 35.8 Å². The number of hydrogen-bond donors (Lipinski definition) is 1. The molecule has 0 unspecified atom stereocenters. The quantitative estimate of drug-likeness (QED) is 0.608. The molecule has 1 aromatic rings. The molecule has 1 aromatic heterocycles. The topological polar surface area (TPSA) is 84.4 Å². The van der Waals surface area contributed by atoms with E-state index in [1.54, 1.807) is 36.1 Å². The van der Waals surface area contributed by atoms with Gasteiger partial charge in [0.25, 0.3) is 0 Å². The molecule has 4 aliphatic rings. The van der Waals surface area contributed by atoms with Gasteiger partial charge in [0.05, 0.1) is 24.5 Å². The van der Waals surface area contributed by atoms with E-state index in [2.05, 4.69) is 15.3 Å². The summed E-state index contributed by atoms with van der Waals surface area (Å²) in [4.78, 5) is 35.9. The molecule has 1 N–H and O–H groups in total. The number of hydrogen-bond acceptors (Lipinski definition) is 6. The molecular weight excluding hydrogens is 376 g/mol. The molecule has 4 atom stereocenters. The molecule has 3 fully saturated rings. The molecule has 1 aliphatic carbocycles. The van der Waals surface area contributed by atoms with E-state index in [9.17, 15) is 9.59 Å². The summed E-state index contributed by atoms with van der Waals surface area (Å²) in [5, 5.41) is 4.51. The number of ether oxygens (including phenoxy) is 1. The van der Waals surface area contributed by atoms with Gasteiger partial charge in [-0.1, -0.05) is 23.9 Å². The first-order chi connectivity index (χ1) is 13.6. The third-order valence-electron chi connectivity index (χ3n) is 6.43. The summed E-state index contributed by atoms with van der Waals surface area (Å²) in [5.74, 6) is -0.802. The molecule has 0 aromatic carbocycles. The zero-order chi connectivity index (χ0) is 19.3. The van der Waals surface area contributed by atoms with Gasteiger partial charge in [-0.25, -0.2) is 9.97 Å². The van der Waals surface area contributed by atoms with Gasteiger partial charge in [0.2, 0.25) is 11.8 Å². The average molecular weight is 401 g/mol. The number of nitrogens with one attached hydrogen (secondary N) is 1. The number of likely N-dealkylation sites (tertiary alicyclic amines) is 1. The van der Waals surface area contributed by atoms with Crippen LogP contribution in [0.4, 0.5) is 0 Å². The van der Waals surface area contributed by atoms with E-state index in [1.807, 2.05) is 18.2 Å². The van der Waals surface area contributed by atoms with E-state index in [-0.39, 0.29) is 29.9 Å². The second-order valence-corrected chi connectivity index (χ2v) is 9.49. The lowest BCUT2D eigenvalue weighted by atomic mass is 9.76. The summed E-state index contributed by atoms with van der Waals surface area (Å²) in [5.41, 5.74) is -0.595. The number of carbonyl (C=O) groups is 2. The molecule has 148 valence electrons. The molecule has 7 nitrogen and oxygen atoms in total. The van der Waals surface area contributed by atoms with Crippen LogP contribution in [0.25, 0.3) is 0 Å². The zero-order valence-electron chi connectivity index (χ0n) is 15.8. The number of rotatable bonds is 4. The van der Waals surface area contributed by atoms with Gasteiger partial charge in [0.1, 0.15) is 5.60 Å². The predicted octanol–water partition coefficient (Wildman–Crippen LogP) is 1.41. The Hall–Kier alpha value is -1.93. The predicted molar refractivity (Wildman–Crippen MR) is 103 cm³/mol. The maximum absolute atomic E-state index is 13.0. The summed E-state index contributed by atoms with van der Waals surface area (Å²) < 4.78 is 6.08. The second-order valence-electron chi connectivity index (χ2n) is 8.23. The Kier molecular flexibility index (Phi) is 4.43. The van der Waals surface area contributed by atoms with E-state index in [1.165, 1.54) is 0 Å². The van der Waals surface area contributed by atoms with Crippen molar-refractivity contribution in [2.24, 2.45) is 11.8 Å². The van der Waals surface area contributed by atoms with Crippen molar-refractivity contribution >= 4 is 23.6 Å². The van der Waals surface area contributed by atoms with Crippen molar-refractivity contribution in [1.29, 1.82) is 0 Å². The molecular formula is C20H24N4O3S. The number of likely N-dealkylation sites (N-methyl/N-ethyl adjacent to an activating group) is 1. The first kappa shape index (κ1) is 18.1. The summed E-state index contributed by atoms with van der Waals surface area (Å²) in [6, 6.07) is 1.98. The Labute approximate surface area is 168 Å². The molecule has 28 heavy (non-hydrogen) atoms. The van der Waals surface area contributed by atoms with Crippen molar-refractivity contribution < 1.29 is 14.3 Å². The Balaban J connectivity index is 1.18. The fraction of sp³-hybridized carbons (Fsp3) is 0.600. The van der Waals surface area contributed by atoms with Crippen LogP contribution in [-0.4, -0.2) is 63.3 Å². The fourth-order valence-electron chi connectivity index (χ4n) is 5.11.